The molecule has 5 heteroatoms. The number of hydrogen-bond acceptors (Lipinski definition) is 2. The lowest BCUT2D eigenvalue weighted by molar-refractivity contribution is 0.0754. The average Bonchev–Trinajstić information content (AvgIpc) is 2.21. The Balaban J connectivity index is 0.00000256. The molecule has 1 aliphatic rings. The van der Waals surface area contributed by atoms with E-state index < -0.39 is 0 Å². The minimum atomic E-state index is 0. The summed E-state index contributed by atoms with van der Waals surface area (Å²) in [6.07, 6.45) is 4.09. The highest BCUT2D eigenvalue weighted by molar-refractivity contribution is 14.0. The molecule has 0 spiro atoms. The van der Waals surface area contributed by atoms with E-state index in [4.69, 9.17) is 4.74 Å². The Kier molecular flexibility index (Phi) is 11.0. The van der Waals surface area contributed by atoms with Gasteiger partial charge in [-0.15, -0.1) is 24.0 Å². The zero-order valence-corrected chi connectivity index (χ0v) is 13.3. The standard InChI is InChI=1S/C12H25N3O.HI/c1-3-13-12(14-4-2)15-8-9-16-10-11-6-5-7-11;/h11H,3-10H2,1-2H3,(H2,13,14,15);1H. The monoisotopic (exact) mass is 355 g/mol. The highest BCUT2D eigenvalue weighted by Crippen LogP contribution is 2.26. The van der Waals surface area contributed by atoms with Crippen molar-refractivity contribution >= 4 is 29.9 Å². The van der Waals surface area contributed by atoms with Crippen molar-refractivity contribution in [2.24, 2.45) is 10.9 Å². The van der Waals surface area contributed by atoms with Crippen LogP contribution in [0, 0.1) is 5.92 Å². The topological polar surface area (TPSA) is 45.7 Å². The van der Waals surface area contributed by atoms with Gasteiger partial charge in [0.1, 0.15) is 0 Å². The quantitative estimate of drug-likeness (QED) is 0.318. The van der Waals surface area contributed by atoms with E-state index in [1.165, 1.54) is 19.3 Å². The number of aliphatic imine (C=N–C) groups is 1. The van der Waals surface area contributed by atoms with Crippen LogP contribution in [0.5, 0.6) is 0 Å². The van der Waals surface area contributed by atoms with Crippen molar-refractivity contribution in [2.75, 3.05) is 32.8 Å². The van der Waals surface area contributed by atoms with E-state index in [0.717, 1.165) is 44.7 Å². The molecule has 0 heterocycles. The summed E-state index contributed by atoms with van der Waals surface area (Å²) in [6, 6.07) is 0. The maximum absolute atomic E-state index is 5.58. The van der Waals surface area contributed by atoms with Gasteiger partial charge in [-0.3, -0.25) is 4.99 Å². The molecule has 0 amide bonds. The molecule has 0 aromatic rings. The van der Waals surface area contributed by atoms with E-state index in [1.807, 2.05) is 0 Å². The normalized spacial score (nSPS) is 14.5. The molecule has 2 N–H and O–H groups in total. The zero-order valence-electron chi connectivity index (χ0n) is 11.0. The second kappa shape index (κ2) is 11.1. The van der Waals surface area contributed by atoms with Crippen LogP contribution in [0.25, 0.3) is 0 Å². The Morgan fingerprint density at radius 3 is 2.35 bits per heavy atom. The molecule has 0 unspecified atom stereocenters. The predicted molar refractivity (Wildman–Crippen MR) is 83.2 cm³/mol. The van der Waals surface area contributed by atoms with Crippen LogP contribution in [-0.4, -0.2) is 38.8 Å². The number of nitrogens with zero attached hydrogens (tertiary/aromatic N) is 1. The van der Waals surface area contributed by atoms with E-state index >= 15 is 0 Å². The molecular formula is C12H26IN3O. The summed E-state index contributed by atoms with van der Waals surface area (Å²) in [7, 11) is 0. The number of hydrogen-bond donors (Lipinski definition) is 2. The fraction of sp³-hybridized carbons (Fsp3) is 0.917. The van der Waals surface area contributed by atoms with Crippen molar-refractivity contribution in [3.8, 4) is 0 Å². The van der Waals surface area contributed by atoms with Crippen LogP contribution in [0.2, 0.25) is 0 Å². The Morgan fingerprint density at radius 1 is 1.24 bits per heavy atom. The maximum atomic E-state index is 5.58. The Bertz CT molecular complexity index is 200. The van der Waals surface area contributed by atoms with Crippen molar-refractivity contribution in [1.82, 2.24) is 10.6 Å². The molecule has 0 aromatic heterocycles. The number of guanidine groups is 1. The first-order chi connectivity index (χ1) is 7.86. The highest BCUT2D eigenvalue weighted by Gasteiger charge is 2.16. The zero-order chi connectivity index (χ0) is 11.6. The molecule has 1 fully saturated rings. The fourth-order valence-corrected chi connectivity index (χ4v) is 1.64. The fourth-order valence-electron chi connectivity index (χ4n) is 1.64. The summed E-state index contributed by atoms with van der Waals surface area (Å²) in [5.74, 6) is 1.71. The molecule has 1 saturated carbocycles. The van der Waals surface area contributed by atoms with Gasteiger partial charge in [0.25, 0.3) is 0 Å². The third-order valence-corrected chi connectivity index (χ3v) is 2.77. The smallest absolute Gasteiger partial charge is 0.191 e. The van der Waals surface area contributed by atoms with Crippen molar-refractivity contribution in [2.45, 2.75) is 33.1 Å². The minimum Gasteiger partial charge on any atom is -0.379 e. The van der Waals surface area contributed by atoms with Gasteiger partial charge < -0.3 is 15.4 Å². The molecule has 0 saturated heterocycles. The largest absolute Gasteiger partial charge is 0.379 e. The molecule has 4 nitrogen and oxygen atoms in total. The molecule has 0 radical (unpaired) electrons. The van der Waals surface area contributed by atoms with Crippen molar-refractivity contribution in [1.29, 1.82) is 0 Å². The van der Waals surface area contributed by atoms with Gasteiger partial charge in [0, 0.05) is 19.7 Å². The predicted octanol–water partition coefficient (Wildman–Crippen LogP) is 2.00. The van der Waals surface area contributed by atoms with Crippen LogP contribution in [0.3, 0.4) is 0 Å². The minimum absolute atomic E-state index is 0. The number of rotatable bonds is 7. The van der Waals surface area contributed by atoms with E-state index in [1.54, 1.807) is 0 Å². The highest BCUT2D eigenvalue weighted by atomic mass is 127. The summed E-state index contributed by atoms with van der Waals surface area (Å²) < 4.78 is 5.58. The van der Waals surface area contributed by atoms with Crippen LogP contribution in [0.4, 0.5) is 0 Å². The maximum Gasteiger partial charge on any atom is 0.191 e. The van der Waals surface area contributed by atoms with E-state index in [-0.39, 0.29) is 24.0 Å². The second-order valence-electron chi connectivity index (χ2n) is 4.16. The van der Waals surface area contributed by atoms with E-state index in [9.17, 15) is 0 Å². The van der Waals surface area contributed by atoms with Crippen LogP contribution >= 0.6 is 24.0 Å². The number of halogens is 1. The first-order valence-electron chi connectivity index (χ1n) is 6.46. The van der Waals surface area contributed by atoms with Crippen LogP contribution in [-0.2, 0) is 4.74 Å². The number of nitrogens with one attached hydrogen (secondary N) is 2. The molecule has 17 heavy (non-hydrogen) atoms. The Morgan fingerprint density at radius 2 is 1.88 bits per heavy atom. The average molecular weight is 355 g/mol. The van der Waals surface area contributed by atoms with Crippen LogP contribution in [0.15, 0.2) is 4.99 Å². The van der Waals surface area contributed by atoms with Crippen molar-refractivity contribution < 1.29 is 4.74 Å². The molecule has 102 valence electrons. The Hall–Kier alpha value is -0.0400. The summed E-state index contributed by atoms with van der Waals surface area (Å²) in [4.78, 5) is 4.41. The molecule has 0 bridgehead atoms. The molecule has 1 rings (SSSR count). The van der Waals surface area contributed by atoms with Crippen molar-refractivity contribution in [3.63, 3.8) is 0 Å². The van der Waals surface area contributed by atoms with Gasteiger partial charge in [0.15, 0.2) is 5.96 Å². The SMILES string of the molecule is CCNC(=NCCOCC1CCC1)NCC.I. The second-order valence-corrected chi connectivity index (χ2v) is 4.16. The lowest BCUT2D eigenvalue weighted by atomic mass is 9.86. The van der Waals surface area contributed by atoms with Crippen LogP contribution < -0.4 is 10.6 Å². The summed E-state index contributed by atoms with van der Waals surface area (Å²) in [5, 5.41) is 6.38. The molecule has 0 aliphatic heterocycles. The van der Waals surface area contributed by atoms with Gasteiger partial charge in [-0.2, -0.15) is 0 Å². The lowest BCUT2D eigenvalue weighted by Crippen LogP contribution is -2.37. The Labute approximate surface area is 122 Å². The third-order valence-electron chi connectivity index (χ3n) is 2.77. The van der Waals surface area contributed by atoms with Crippen LogP contribution in [0.1, 0.15) is 33.1 Å². The third kappa shape index (κ3) is 7.81. The molecule has 0 atom stereocenters. The molecular weight excluding hydrogens is 329 g/mol. The first kappa shape index (κ1) is 17.0. The molecule has 0 aromatic carbocycles. The summed E-state index contributed by atoms with van der Waals surface area (Å²) >= 11 is 0. The lowest BCUT2D eigenvalue weighted by Gasteiger charge is -2.24. The molecule has 1 aliphatic carbocycles. The van der Waals surface area contributed by atoms with Gasteiger partial charge >= 0.3 is 0 Å². The van der Waals surface area contributed by atoms with Crippen molar-refractivity contribution in [3.05, 3.63) is 0 Å². The van der Waals surface area contributed by atoms with Gasteiger partial charge in [-0.1, -0.05) is 6.42 Å². The number of ether oxygens (including phenoxy) is 1. The van der Waals surface area contributed by atoms with Gasteiger partial charge in [-0.05, 0) is 32.6 Å². The summed E-state index contributed by atoms with van der Waals surface area (Å²) in [6.45, 7) is 8.33. The van der Waals surface area contributed by atoms with Gasteiger partial charge in [0.05, 0.1) is 13.2 Å². The van der Waals surface area contributed by atoms with Gasteiger partial charge in [-0.25, -0.2) is 0 Å². The van der Waals surface area contributed by atoms with E-state index in [0.29, 0.717) is 0 Å². The summed E-state index contributed by atoms with van der Waals surface area (Å²) in [5.41, 5.74) is 0. The van der Waals surface area contributed by atoms with E-state index in [2.05, 4.69) is 29.5 Å². The van der Waals surface area contributed by atoms with Gasteiger partial charge in [0.2, 0.25) is 0 Å². The first-order valence-corrected chi connectivity index (χ1v) is 6.46.